The predicted octanol–water partition coefficient (Wildman–Crippen LogP) is -2.21. The Bertz CT molecular complexity index is 4220. The summed E-state index contributed by atoms with van der Waals surface area (Å²) in [4.78, 5) is 270. The number of benzene rings is 2. The second-order valence-corrected chi connectivity index (χ2v) is 32.3. The number of aromatic hydroxyl groups is 1. The Labute approximate surface area is 703 Å². The van der Waals surface area contributed by atoms with Crippen molar-refractivity contribution >= 4 is 112 Å². The van der Waals surface area contributed by atoms with Gasteiger partial charge in [0.2, 0.25) is 100 Å². The van der Waals surface area contributed by atoms with Gasteiger partial charge in [-0.25, -0.2) is 4.79 Å². The number of amides is 17. The van der Waals surface area contributed by atoms with Crippen LogP contribution in [0.15, 0.2) is 59.7 Å². The van der Waals surface area contributed by atoms with E-state index in [0.717, 1.165) is 9.80 Å². The first-order valence-corrected chi connectivity index (χ1v) is 41.2. The predicted molar refractivity (Wildman–Crippen MR) is 431 cm³/mol. The topological polar surface area (TPSA) is 650 Å². The van der Waals surface area contributed by atoms with E-state index in [-0.39, 0.29) is 159 Å². The number of aliphatic carboxylic acids is 2. The van der Waals surface area contributed by atoms with Crippen molar-refractivity contribution in [2.75, 3.05) is 32.7 Å². The standard InChI is InChI=1S/C80H114N20O22/c1-43(2)37-53(86-66(106)20-8-19-62(81)102)69(110)88-50(25-29-63(82)103)75(116)97-34-10-17-59(97)72(113)93-56(39-45-13-6-5-7-14-45)79(120)100-42-47(94-95-85)41-61(100)74(115)89-51(26-30-64(83)104)76(117)96-33-9-15-57(96)70(111)87-49(28-32-67(107)108)68(109)91-54(38-44(3)4)77(118)98-35-12-18-60(98)73(114)92-55(40-46-21-23-48(101)24-22-46)78(119)99-36-11-16-58(99)71(112)90-52(80(121)122)27-31-65(84)105/h5-7,13-14,21-24,43-44,47,49-61,101H,8-12,15-20,25-42H2,1-4H3,(H2,81,102)(H2,82,103)(H2,83,104)(H2,84,105)(H,86,106)(H,87,111)(H,88,110)(H,89,115)(H,90,112)(H,91,109)(H,92,114)(H,93,113)(H,107,108)(H,121,122)/t47-,49-,50-,51-,52-,53-,54-,55-,56-,57-,58-,59-,60-,61-/m0/s1. The number of azide groups is 1. The van der Waals surface area contributed by atoms with Gasteiger partial charge in [0.15, 0.2) is 0 Å². The summed E-state index contributed by atoms with van der Waals surface area (Å²) < 4.78 is 0. The van der Waals surface area contributed by atoms with Crippen LogP contribution in [0, 0.1) is 11.8 Å². The van der Waals surface area contributed by atoms with E-state index in [9.17, 15) is 97.6 Å². The fraction of sp³-hybridized carbons (Fsp3) is 0.613. The summed E-state index contributed by atoms with van der Waals surface area (Å²) in [5.74, 6) is -17.7. The molecule has 17 amide bonds. The maximum absolute atomic E-state index is 15.4. The smallest absolute Gasteiger partial charge is 0.326 e. The fourth-order valence-electron chi connectivity index (χ4n) is 15.9. The highest BCUT2D eigenvalue weighted by Gasteiger charge is 2.48. The van der Waals surface area contributed by atoms with Gasteiger partial charge in [0, 0.05) is 89.0 Å². The number of hydrogen-bond donors (Lipinski definition) is 15. The van der Waals surface area contributed by atoms with E-state index in [1.165, 1.54) is 39.0 Å². The number of nitrogens with two attached hydrogens (primary N) is 4. The van der Waals surface area contributed by atoms with Crippen molar-refractivity contribution < 1.29 is 106 Å². The number of nitrogens with one attached hydrogen (secondary N) is 8. The molecular weight excluding hydrogens is 1590 g/mol. The summed E-state index contributed by atoms with van der Waals surface area (Å²) in [6.45, 7) is 6.42. The highest BCUT2D eigenvalue weighted by Crippen LogP contribution is 2.29. The van der Waals surface area contributed by atoms with Crippen molar-refractivity contribution in [2.45, 2.75) is 266 Å². The molecule has 0 aromatic heterocycles. The minimum absolute atomic E-state index is 0.0145. The number of primary amides is 4. The first kappa shape index (κ1) is 96.6. The molecule has 2 aromatic carbocycles. The molecule has 0 unspecified atom stereocenters. The van der Waals surface area contributed by atoms with Crippen LogP contribution in [-0.2, 0) is 104 Å². The van der Waals surface area contributed by atoms with Gasteiger partial charge in [-0.2, -0.15) is 0 Å². The van der Waals surface area contributed by atoms with E-state index in [4.69, 9.17) is 22.9 Å². The van der Waals surface area contributed by atoms with Crippen molar-refractivity contribution in [1.29, 1.82) is 0 Å². The molecule has 19 N–H and O–H groups in total. The van der Waals surface area contributed by atoms with Crippen LogP contribution in [0.3, 0.4) is 0 Å². The molecule has 42 nitrogen and oxygen atoms in total. The van der Waals surface area contributed by atoms with Crippen LogP contribution in [0.1, 0.15) is 180 Å². The number of carboxylic acids is 2. The van der Waals surface area contributed by atoms with Crippen molar-refractivity contribution in [1.82, 2.24) is 67.0 Å². The van der Waals surface area contributed by atoms with E-state index in [2.05, 4.69) is 52.6 Å². The zero-order chi connectivity index (χ0) is 89.8. The van der Waals surface area contributed by atoms with E-state index in [1.54, 1.807) is 58.0 Å². The second-order valence-electron chi connectivity index (χ2n) is 32.3. The van der Waals surface area contributed by atoms with Crippen LogP contribution < -0.4 is 65.5 Å². The lowest BCUT2D eigenvalue weighted by Gasteiger charge is -2.33. The van der Waals surface area contributed by atoms with Gasteiger partial charge in [0.05, 0.1) is 6.04 Å². The van der Waals surface area contributed by atoms with Gasteiger partial charge in [-0.05, 0) is 143 Å². The molecule has 666 valence electrons. The van der Waals surface area contributed by atoms with Crippen LogP contribution >= 0.6 is 0 Å². The second kappa shape index (κ2) is 46.3. The summed E-state index contributed by atoms with van der Waals surface area (Å²) in [5, 5.41) is 54.7. The van der Waals surface area contributed by atoms with Crippen LogP contribution in [0.25, 0.3) is 10.4 Å². The summed E-state index contributed by atoms with van der Waals surface area (Å²) in [6, 6.07) is -5.80. The van der Waals surface area contributed by atoms with E-state index in [1.807, 2.05) is 0 Å². The number of carbonyl (C=O) groups is 19. The molecular formula is C80H114N20O22. The van der Waals surface area contributed by atoms with E-state index >= 15 is 14.4 Å². The van der Waals surface area contributed by atoms with Gasteiger partial charge >= 0.3 is 11.9 Å². The van der Waals surface area contributed by atoms with Gasteiger partial charge in [-0.15, -0.1) is 0 Å². The summed E-state index contributed by atoms with van der Waals surface area (Å²) in [7, 11) is 0. The van der Waals surface area contributed by atoms with Crippen LogP contribution in [0.5, 0.6) is 5.75 Å². The lowest BCUT2D eigenvalue weighted by Crippen LogP contribution is -2.60. The Morgan fingerprint density at radius 3 is 1.21 bits per heavy atom. The highest BCUT2D eigenvalue weighted by atomic mass is 16.4. The molecule has 0 saturated carbocycles. The summed E-state index contributed by atoms with van der Waals surface area (Å²) in [5.41, 5.74) is 32.3. The lowest BCUT2D eigenvalue weighted by molar-refractivity contribution is -0.146. The third-order valence-corrected chi connectivity index (χ3v) is 22.0. The molecule has 5 aliphatic rings. The van der Waals surface area contributed by atoms with Crippen molar-refractivity contribution in [2.24, 2.45) is 39.9 Å². The fourth-order valence-corrected chi connectivity index (χ4v) is 15.9. The molecule has 5 heterocycles. The number of phenolic OH excluding ortho intramolecular Hbond substituents is 1. The summed E-state index contributed by atoms with van der Waals surface area (Å²) in [6.07, 6.45) is -3.47. The molecule has 0 spiro atoms. The van der Waals surface area contributed by atoms with Gasteiger partial charge in [0.25, 0.3) is 0 Å². The number of likely N-dealkylation sites (tertiary alicyclic amines) is 5. The molecule has 0 radical (unpaired) electrons. The van der Waals surface area contributed by atoms with Crippen molar-refractivity contribution in [3.8, 4) is 5.75 Å². The Kier molecular flexibility index (Phi) is 36.7. The van der Waals surface area contributed by atoms with Gasteiger partial charge < -0.3 is 105 Å². The normalized spacial score (nSPS) is 20.0. The molecule has 7 rings (SSSR count). The number of carboxylic acid groups (broad SMARTS) is 2. The monoisotopic (exact) mass is 1710 g/mol. The molecule has 2 aromatic rings. The number of phenols is 1. The van der Waals surface area contributed by atoms with Crippen LogP contribution in [0.4, 0.5) is 0 Å². The Morgan fingerprint density at radius 2 is 0.779 bits per heavy atom. The quantitative estimate of drug-likeness (QED) is 0.0190. The third-order valence-electron chi connectivity index (χ3n) is 22.0. The van der Waals surface area contributed by atoms with Crippen molar-refractivity contribution in [3.63, 3.8) is 0 Å². The lowest BCUT2D eigenvalue weighted by atomic mass is 10.0. The van der Waals surface area contributed by atoms with Gasteiger partial charge in [-0.3, -0.25) is 86.3 Å². The average Bonchev–Trinajstić information content (AvgIpc) is 1.62. The maximum atomic E-state index is 15.4. The highest BCUT2D eigenvalue weighted by molar-refractivity contribution is 6.01. The minimum Gasteiger partial charge on any atom is -0.508 e. The Morgan fingerprint density at radius 1 is 0.418 bits per heavy atom. The maximum Gasteiger partial charge on any atom is 0.326 e. The van der Waals surface area contributed by atoms with Crippen LogP contribution in [-0.4, -0.2) is 269 Å². The number of carbonyl (C=O) groups excluding carboxylic acids is 17. The largest absolute Gasteiger partial charge is 0.508 e. The van der Waals surface area contributed by atoms with E-state index in [0.29, 0.717) is 17.5 Å². The van der Waals surface area contributed by atoms with Crippen molar-refractivity contribution in [3.05, 3.63) is 76.2 Å². The molecule has 42 heteroatoms. The number of nitrogens with zero attached hydrogens (tertiary/aromatic N) is 8. The molecule has 14 atom stereocenters. The molecule has 5 fully saturated rings. The SMILES string of the molecule is CC(C)C[C@H](NC(=O)CCCC(N)=O)C(=O)N[C@@H](CCC(N)=O)C(=O)N1CCC[C@H]1C(=O)N[C@@H](Cc1ccccc1)C(=O)N1C[C@@H](N=[N+]=[N-])C[C@H]1C(=O)N[C@@H](CCC(N)=O)C(=O)N1CCC[C@H]1C(=O)N[C@@H](CCC(=O)O)C(=O)N[C@@H](CC(C)C)C(=O)N1CCC[C@H]1C(=O)N[C@@H](Cc1ccc(O)cc1)C(=O)N1CCC[C@H]1C(=O)N[C@@H](CCC(N)=O)C(=O)O. The first-order chi connectivity index (χ1) is 57.8. The number of rotatable bonds is 46. The Balaban J connectivity index is 1.08. The zero-order valence-corrected chi connectivity index (χ0v) is 68.9. The van der Waals surface area contributed by atoms with Gasteiger partial charge in [-0.1, -0.05) is 75.3 Å². The molecule has 5 aliphatic heterocycles. The Hall–Kier alpha value is -12.5. The zero-order valence-electron chi connectivity index (χ0n) is 68.9. The van der Waals surface area contributed by atoms with Crippen LogP contribution in [0.2, 0.25) is 0 Å². The van der Waals surface area contributed by atoms with E-state index < -0.39 is 236 Å². The number of hydrogen-bond acceptors (Lipinski definition) is 21. The molecule has 0 bridgehead atoms. The molecule has 5 saturated heterocycles. The molecule has 122 heavy (non-hydrogen) atoms. The average molecular weight is 1710 g/mol. The molecule has 0 aliphatic carbocycles. The first-order valence-electron chi connectivity index (χ1n) is 41.2. The summed E-state index contributed by atoms with van der Waals surface area (Å²) >= 11 is 0. The minimum atomic E-state index is -1.71. The third kappa shape index (κ3) is 28.6. The van der Waals surface area contributed by atoms with Gasteiger partial charge in [0.1, 0.15) is 84.3 Å².